The van der Waals surface area contributed by atoms with E-state index in [4.69, 9.17) is 4.74 Å². The summed E-state index contributed by atoms with van der Waals surface area (Å²) >= 11 is 3.72. The molecule has 7 heteroatoms. The number of ether oxygens (including phenoxy) is 1. The number of hydrogen-bond acceptors (Lipinski definition) is 7. The lowest BCUT2D eigenvalue weighted by Crippen LogP contribution is -2.23. The summed E-state index contributed by atoms with van der Waals surface area (Å²) in [5, 5.41) is -0.00652. The Labute approximate surface area is 168 Å². The van der Waals surface area contributed by atoms with Crippen molar-refractivity contribution in [2.24, 2.45) is 4.40 Å². The Morgan fingerprint density at radius 1 is 1.08 bits per heavy atom. The maximum absolute atomic E-state index is 11.5. The molecule has 0 bridgehead atoms. The average Bonchev–Trinajstić information content (AvgIpc) is 2.60. The van der Waals surface area contributed by atoms with Gasteiger partial charge in [-0.2, -0.15) is 4.40 Å². The Balaban J connectivity index is 2.08. The number of benzene rings is 1. The normalized spacial score (nSPS) is 15.9. The summed E-state index contributed by atoms with van der Waals surface area (Å²) in [7, 11) is 0. The van der Waals surface area contributed by atoms with Crippen LogP contribution in [0.15, 0.2) is 39.6 Å². The molecule has 0 N–H and O–H groups in total. The van der Waals surface area contributed by atoms with Crippen molar-refractivity contribution >= 4 is 51.6 Å². The quantitative estimate of drug-likeness (QED) is 0.248. The van der Waals surface area contributed by atoms with E-state index in [2.05, 4.69) is 4.40 Å². The van der Waals surface area contributed by atoms with Crippen molar-refractivity contribution in [3.63, 3.8) is 0 Å². The van der Waals surface area contributed by atoms with Gasteiger partial charge >= 0.3 is 0 Å². The Bertz CT molecular complexity index is 600. The van der Waals surface area contributed by atoms with Crippen LogP contribution >= 0.6 is 35.5 Å². The molecule has 1 aromatic carbocycles. The number of rotatable bonds is 7. The monoisotopic (exact) mass is 411 g/mol. The zero-order valence-electron chi connectivity index (χ0n) is 15.2. The van der Waals surface area contributed by atoms with Gasteiger partial charge in [0, 0.05) is 37.1 Å². The maximum Gasteiger partial charge on any atom is 0.197 e. The number of hydrogen-bond donors (Lipinski definition) is 0. The van der Waals surface area contributed by atoms with E-state index in [9.17, 15) is 9.59 Å². The van der Waals surface area contributed by atoms with E-state index in [0.29, 0.717) is 12.3 Å². The largest absolute Gasteiger partial charge is 0.477 e. The first-order valence-corrected chi connectivity index (χ1v) is 11.4. The van der Waals surface area contributed by atoms with Crippen molar-refractivity contribution < 1.29 is 14.3 Å². The third-order valence-electron chi connectivity index (χ3n) is 3.79. The minimum absolute atomic E-state index is 0.00326. The molecule has 1 aliphatic rings. The molecule has 0 aliphatic heterocycles. The molecule has 0 atom stereocenters. The van der Waals surface area contributed by atoms with Gasteiger partial charge in [0.1, 0.15) is 6.10 Å². The molecule has 0 unspecified atom stereocenters. The van der Waals surface area contributed by atoms with Crippen LogP contribution in [0.5, 0.6) is 0 Å². The second kappa shape index (κ2) is 11.7. The van der Waals surface area contributed by atoms with Gasteiger partial charge in [0.2, 0.25) is 0 Å². The molecular weight excluding hydrogens is 386 g/mol. The first-order chi connectivity index (χ1) is 12.5. The number of thioether (sulfide) groups is 2. The first-order valence-electron chi connectivity index (χ1n) is 8.83. The fraction of sp³-hybridized carbons (Fsp3) is 0.526. The standard InChI is InChI=1S/C19H25NO3S3/c1-14(21)24-19(25-15(2)22)13-18(23-16-9-5-3-6-10-16)20-26-17-11-7-4-8-12-17/h4,7-8,11-12,16,19H,3,5-6,9-10,13H2,1-2H3. The summed E-state index contributed by atoms with van der Waals surface area (Å²) in [6, 6.07) is 9.91. The van der Waals surface area contributed by atoms with E-state index in [1.54, 1.807) is 0 Å². The fourth-order valence-electron chi connectivity index (χ4n) is 2.69. The van der Waals surface area contributed by atoms with E-state index in [1.165, 1.54) is 68.6 Å². The van der Waals surface area contributed by atoms with E-state index >= 15 is 0 Å². The van der Waals surface area contributed by atoms with Crippen LogP contribution in [0.4, 0.5) is 0 Å². The van der Waals surface area contributed by atoms with Crippen molar-refractivity contribution in [3.05, 3.63) is 30.3 Å². The van der Waals surface area contributed by atoms with Gasteiger partial charge in [0.15, 0.2) is 16.1 Å². The zero-order chi connectivity index (χ0) is 18.8. The number of nitrogens with zero attached hydrogens (tertiary/aromatic N) is 1. The first kappa shape index (κ1) is 21.4. The third kappa shape index (κ3) is 8.64. The minimum atomic E-state index is -0.205. The highest BCUT2D eigenvalue weighted by Crippen LogP contribution is 2.31. The van der Waals surface area contributed by atoms with Crippen molar-refractivity contribution in [3.8, 4) is 0 Å². The molecule has 26 heavy (non-hydrogen) atoms. The summed E-state index contributed by atoms with van der Waals surface area (Å²) in [6.45, 7) is 3.05. The van der Waals surface area contributed by atoms with Gasteiger partial charge in [0.25, 0.3) is 0 Å². The second-order valence-corrected chi connectivity index (χ2v) is 10.0. The van der Waals surface area contributed by atoms with Crippen molar-refractivity contribution in [1.29, 1.82) is 0 Å². The Kier molecular flexibility index (Phi) is 9.64. The topological polar surface area (TPSA) is 55.7 Å². The molecule has 0 radical (unpaired) electrons. The lowest BCUT2D eigenvalue weighted by atomic mass is 9.98. The van der Waals surface area contributed by atoms with Crippen molar-refractivity contribution in [2.45, 2.75) is 68.0 Å². The second-order valence-electron chi connectivity index (χ2n) is 6.12. The molecule has 1 aliphatic carbocycles. The zero-order valence-corrected chi connectivity index (χ0v) is 17.6. The molecule has 0 heterocycles. The third-order valence-corrected chi connectivity index (χ3v) is 6.67. The van der Waals surface area contributed by atoms with Gasteiger partial charge in [-0.1, -0.05) is 48.1 Å². The molecule has 0 aromatic heterocycles. The lowest BCUT2D eigenvalue weighted by molar-refractivity contribution is -0.109. The Hall–Kier alpha value is -0.920. The SMILES string of the molecule is CC(=O)SC(CC(=NSc1ccccc1)OC1CCCCC1)SC(C)=O. The summed E-state index contributed by atoms with van der Waals surface area (Å²) in [5.41, 5.74) is 0. The predicted octanol–water partition coefficient (Wildman–Crippen LogP) is 5.72. The maximum atomic E-state index is 11.5. The molecule has 0 saturated heterocycles. The summed E-state index contributed by atoms with van der Waals surface area (Å²) < 4.78 is 10.6. The molecule has 0 spiro atoms. The van der Waals surface area contributed by atoms with Crippen LogP contribution in [0, 0.1) is 0 Å². The van der Waals surface area contributed by atoms with Crippen LogP contribution < -0.4 is 0 Å². The van der Waals surface area contributed by atoms with Crippen LogP contribution in [0.1, 0.15) is 52.4 Å². The van der Waals surface area contributed by atoms with Crippen molar-refractivity contribution in [1.82, 2.24) is 0 Å². The van der Waals surface area contributed by atoms with Crippen LogP contribution in [0.3, 0.4) is 0 Å². The highest BCUT2D eigenvalue weighted by Gasteiger charge is 2.22. The average molecular weight is 412 g/mol. The highest BCUT2D eigenvalue weighted by atomic mass is 32.2. The Morgan fingerprint density at radius 2 is 1.69 bits per heavy atom. The predicted molar refractivity (Wildman–Crippen MR) is 113 cm³/mol. The van der Waals surface area contributed by atoms with Gasteiger partial charge < -0.3 is 4.74 Å². The van der Waals surface area contributed by atoms with E-state index in [1.807, 2.05) is 30.3 Å². The fourth-order valence-corrected chi connectivity index (χ4v) is 5.49. The summed E-state index contributed by atoms with van der Waals surface area (Å²) in [6.07, 6.45) is 6.34. The highest BCUT2D eigenvalue weighted by molar-refractivity contribution is 8.29. The van der Waals surface area contributed by atoms with E-state index in [0.717, 1.165) is 17.7 Å². The molecular formula is C19H25NO3S3. The van der Waals surface area contributed by atoms with E-state index in [-0.39, 0.29) is 20.9 Å². The summed E-state index contributed by atoms with van der Waals surface area (Å²) in [4.78, 5) is 24.1. The smallest absolute Gasteiger partial charge is 0.197 e. The molecule has 1 aromatic rings. The summed E-state index contributed by atoms with van der Waals surface area (Å²) in [5.74, 6) is 0.623. The minimum Gasteiger partial charge on any atom is -0.477 e. The molecule has 4 nitrogen and oxygen atoms in total. The molecule has 1 fully saturated rings. The van der Waals surface area contributed by atoms with Gasteiger partial charge in [-0.05, 0) is 37.8 Å². The van der Waals surface area contributed by atoms with Gasteiger partial charge in [-0.25, -0.2) is 0 Å². The number of carbonyl (C=O) groups is 2. The van der Waals surface area contributed by atoms with E-state index < -0.39 is 0 Å². The Morgan fingerprint density at radius 3 is 2.27 bits per heavy atom. The molecule has 2 rings (SSSR count). The van der Waals surface area contributed by atoms with Crippen LogP contribution in [0.25, 0.3) is 0 Å². The molecule has 1 saturated carbocycles. The molecule has 0 amide bonds. The van der Waals surface area contributed by atoms with Gasteiger partial charge in [-0.15, -0.1) is 0 Å². The van der Waals surface area contributed by atoms with Gasteiger partial charge in [-0.3, -0.25) is 9.59 Å². The number of carbonyl (C=O) groups excluding carboxylic acids is 2. The van der Waals surface area contributed by atoms with Crippen LogP contribution in [0.2, 0.25) is 0 Å². The van der Waals surface area contributed by atoms with Crippen LogP contribution in [-0.4, -0.2) is 26.8 Å². The molecule has 142 valence electrons. The lowest BCUT2D eigenvalue weighted by Gasteiger charge is -2.24. The van der Waals surface area contributed by atoms with Gasteiger partial charge in [0.05, 0.1) is 4.58 Å². The van der Waals surface area contributed by atoms with Crippen molar-refractivity contribution in [2.75, 3.05) is 0 Å². The van der Waals surface area contributed by atoms with Crippen LogP contribution in [-0.2, 0) is 14.3 Å².